The molecule has 31 heavy (non-hydrogen) atoms. The van der Waals surface area contributed by atoms with E-state index in [0.717, 1.165) is 0 Å². The molecule has 1 unspecified atom stereocenters. The molecular weight excluding hydrogens is 376 g/mol. The lowest BCUT2D eigenvalue weighted by Crippen LogP contribution is -2.34. The van der Waals surface area contributed by atoms with E-state index >= 15 is 0 Å². The SMILES string of the molecule is Cc1ccccc1-n1c(C)c2[n+](c1-c1c(C)cccc1C)C=CC2(C)c1ccccc1. The normalized spacial score (nSPS) is 17.2. The molecule has 1 atom stereocenters. The van der Waals surface area contributed by atoms with E-state index in [1.54, 1.807) is 0 Å². The first-order chi connectivity index (χ1) is 14.9. The number of nitrogens with zero attached hydrogens (tertiary/aromatic N) is 2. The molecule has 2 heteroatoms. The van der Waals surface area contributed by atoms with Crippen LogP contribution in [0.2, 0.25) is 0 Å². The summed E-state index contributed by atoms with van der Waals surface area (Å²) < 4.78 is 4.88. The summed E-state index contributed by atoms with van der Waals surface area (Å²) in [6, 6.07) is 26.1. The van der Waals surface area contributed by atoms with Crippen LogP contribution in [0.4, 0.5) is 0 Å². The lowest BCUT2D eigenvalue weighted by Gasteiger charge is -2.20. The molecule has 1 aromatic heterocycles. The Morgan fingerprint density at radius 1 is 0.710 bits per heavy atom. The van der Waals surface area contributed by atoms with E-state index < -0.39 is 0 Å². The molecule has 2 nitrogen and oxygen atoms in total. The van der Waals surface area contributed by atoms with Gasteiger partial charge in [-0.2, -0.15) is 9.13 Å². The highest BCUT2D eigenvalue weighted by molar-refractivity contribution is 5.68. The van der Waals surface area contributed by atoms with Crippen LogP contribution in [0.5, 0.6) is 0 Å². The lowest BCUT2D eigenvalue weighted by molar-refractivity contribution is -0.561. The highest BCUT2D eigenvalue weighted by Crippen LogP contribution is 2.41. The molecule has 1 aliphatic heterocycles. The van der Waals surface area contributed by atoms with Crippen LogP contribution in [0, 0.1) is 27.7 Å². The third-order valence-electron chi connectivity index (χ3n) is 6.84. The number of aryl methyl sites for hydroxylation is 3. The zero-order chi connectivity index (χ0) is 21.8. The number of allylic oxidation sites excluding steroid dienone is 1. The molecule has 154 valence electrons. The zero-order valence-corrected chi connectivity index (χ0v) is 19.0. The van der Waals surface area contributed by atoms with E-state index in [-0.39, 0.29) is 5.41 Å². The van der Waals surface area contributed by atoms with Crippen LogP contribution in [0.25, 0.3) is 23.3 Å². The lowest BCUT2D eigenvalue weighted by atomic mass is 9.80. The van der Waals surface area contributed by atoms with Gasteiger partial charge in [0.1, 0.15) is 5.69 Å². The van der Waals surface area contributed by atoms with Crippen LogP contribution in [0.15, 0.2) is 78.9 Å². The molecule has 4 aromatic rings. The number of hydrogen-bond donors (Lipinski definition) is 0. The first-order valence-electron chi connectivity index (χ1n) is 11.0. The van der Waals surface area contributed by atoms with E-state index in [0.29, 0.717) is 0 Å². The number of rotatable bonds is 3. The molecule has 0 fully saturated rings. The van der Waals surface area contributed by atoms with E-state index in [1.807, 2.05) is 0 Å². The van der Waals surface area contributed by atoms with Crippen molar-refractivity contribution in [2.45, 2.75) is 40.0 Å². The van der Waals surface area contributed by atoms with Gasteiger partial charge >= 0.3 is 0 Å². The molecule has 0 radical (unpaired) electrons. The average molecular weight is 406 g/mol. The van der Waals surface area contributed by atoms with E-state index in [2.05, 4.69) is 129 Å². The Labute approximate surface area is 185 Å². The van der Waals surface area contributed by atoms with Gasteiger partial charge in [0, 0.05) is 6.92 Å². The Balaban J connectivity index is 1.91. The second-order valence-electron chi connectivity index (χ2n) is 8.90. The zero-order valence-electron chi connectivity index (χ0n) is 19.0. The number of benzene rings is 3. The molecule has 5 rings (SSSR count). The van der Waals surface area contributed by atoms with E-state index in [9.17, 15) is 0 Å². The maximum atomic E-state index is 2.46. The summed E-state index contributed by atoms with van der Waals surface area (Å²) in [7, 11) is 0. The minimum absolute atomic E-state index is 0.176. The van der Waals surface area contributed by atoms with Crippen molar-refractivity contribution in [3.63, 3.8) is 0 Å². The Bertz CT molecular complexity index is 1300. The molecule has 0 saturated heterocycles. The smallest absolute Gasteiger partial charge is 0.198 e. The molecule has 3 aromatic carbocycles. The number of aromatic nitrogens is 2. The summed E-state index contributed by atoms with van der Waals surface area (Å²) in [6.07, 6.45) is 4.62. The second kappa shape index (κ2) is 7.09. The Hall–Kier alpha value is -3.39. The van der Waals surface area contributed by atoms with Crippen LogP contribution in [0.1, 0.15) is 40.6 Å². The van der Waals surface area contributed by atoms with Gasteiger partial charge in [0.15, 0.2) is 11.4 Å². The summed E-state index contributed by atoms with van der Waals surface area (Å²) in [5.74, 6) is 1.23. The van der Waals surface area contributed by atoms with Gasteiger partial charge in [0.2, 0.25) is 0 Å². The number of fused-ring (bicyclic) bond motifs is 1. The van der Waals surface area contributed by atoms with Crippen molar-refractivity contribution in [3.8, 4) is 17.1 Å². The van der Waals surface area contributed by atoms with Crippen LogP contribution in [-0.2, 0) is 5.41 Å². The molecule has 0 N–H and O–H groups in total. The van der Waals surface area contributed by atoms with Gasteiger partial charge in [-0.1, -0.05) is 66.7 Å². The third-order valence-corrected chi connectivity index (χ3v) is 6.84. The minimum atomic E-state index is -0.176. The fraction of sp³-hybridized carbons (Fsp3) is 0.207. The summed E-state index contributed by atoms with van der Waals surface area (Å²) >= 11 is 0. The van der Waals surface area contributed by atoms with Crippen molar-refractivity contribution in [1.29, 1.82) is 0 Å². The monoisotopic (exact) mass is 405 g/mol. The highest BCUT2D eigenvalue weighted by Gasteiger charge is 2.45. The van der Waals surface area contributed by atoms with Gasteiger partial charge in [0.05, 0.1) is 17.2 Å². The number of hydrogen-bond acceptors (Lipinski definition) is 0. The van der Waals surface area contributed by atoms with Gasteiger partial charge in [0.25, 0.3) is 5.82 Å². The van der Waals surface area contributed by atoms with Crippen molar-refractivity contribution in [3.05, 3.63) is 113 Å². The first-order valence-corrected chi connectivity index (χ1v) is 11.0. The topological polar surface area (TPSA) is 8.81 Å². The van der Waals surface area contributed by atoms with Crippen molar-refractivity contribution in [2.75, 3.05) is 0 Å². The molecule has 1 aliphatic rings. The number of para-hydroxylation sites is 1. The van der Waals surface area contributed by atoms with Crippen LogP contribution >= 0.6 is 0 Å². The maximum absolute atomic E-state index is 2.46. The molecule has 0 spiro atoms. The predicted molar refractivity (Wildman–Crippen MR) is 129 cm³/mol. The van der Waals surface area contributed by atoms with E-state index in [1.165, 1.54) is 50.7 Å². The molecule has 0 aliphatic carbocycles. The van der Waals surface area contributed by atoms with E-state index in [4.69, 9.17) is 0 Å². The number of imidazole rings is 1. The fourth-order valence-electron chi connectivity index (χ4n) is 5.25. The van der Waals surface area contributed by atoms with Crippen molar-refractivity contribution >= 4 is 6.20 Å². The fourth-order valence-corrected chi connectivity index (χ4v) is 5.25. The van der Waals surface area contributed by atoms with Gasteiger partial charge in [-0.15, -0.1) is 0 Å². The predicted octanol–water partition coefficient (Wildman–Crippen LogP) is 6.46. The molecule has 0 amide bonds. The molecule has 0 bridgehead atoms. The molecule has 0 saturated carbocycles. The Kier molecular flexibility index (Phi) is 4.48. The van der Waals surface area contributed by atoms with Gasteiger partial charge in [-0.05, 0) is 62.1 Å². The van der Waals surface area contributed by atoms with Crippen molar-refractivity contribution in [1.82, 2.24) is 4.57 Å². The standard InChI is InChI=1S/C29H29N2/c1-20-12-9-10-17-25(20)31-23(4)27-29(5,24-15-7-6-8-16-24)18-19-30(27)28(31)26-21(2)13-11-14-22(26)3/h6-19H,1-5H3/q+1. The van der Waals surface area contributed by atoms with Crippen LogP contribution < -0.4 is 4.57 Å². The third kappa shape index (κ3) is 2.82. The van der Waals surface area contributed by atoms with Crippen molar-refractivity contribution in [2.24, 2.45) is 0 Å². The first kappa shape index (κ1) is 19.6. The minimum Gasteiger partial charge on any atom is -0.198 e. The van der Waals surface area contributed by atoms with Crippen LogP contribution in [0.3, 0.4) is 0 Å². The quantitative estimate of drug-likeness (QED) is 0.346. The average Bonchev–Trinajstić information content (AvgIpc) is 3.26. The van der Waals surface area contributed by atoms with Crippen LogP contribution in [-0.4, -0.2) is 4.57 Å². The highest BCUT2D eigenvalue weighted by atomic mass is 15.2. The molecular formula is C29H29N2+. The van der Waals surface area contributed by atoms with Gasteiger partial charge in [-0.25, -0.2) is 0 Å². The summed E-state index contributed by atoms with van der Waals surface area (Å²) in [5, 5.41) is 0. The summed E-state index contributed by atoms with van der Waals surface area (Å²) in [4.78, 5) is 0. The summed E-state index contributed by atoms with van der Waals surface area (Å²) in [5.41, 5.74) is 10.2. The van der Waals surface area contributed by atoms with Gasteiger partial charge in [-0.3, -0.25) is 0 Å². The summed E-state index contributed by atoms with van der Waals surface area (Å²) in [6.45, 7) is 11.2. The Morgan fingerprint density at radius 3 is 2.00 bits per heavy atom. The largest absolute Gasteiger partial charge is 0.299 e. The second-order valence-corrected chi connectivity index (χ2v) is 8.90. The molecule has 2 heterocycles. The van der Waals surface area contributed by atoms with Gasteiger partial charge < -0.3 is 0 Å². The van der Waals surface area contributed by atoms with Crippen molar-refractivity contribution < 1.29 is 4.57 Å². The Morgan fingerprint density at radius 2 is 1.32 bits per heavy atom. The maximum Gasteiger partial charge on any atom is 0.299 e.